The molecule has 0 aliphatic rings. The normalized spacial score (nSPS) is 10.1. The Morgan fingerprint density at radius 1 is 1.00 bits per heavy atom. The van der Waals surface area contributed by atoms with Gasteiger partial charge in [-0.25, -0.2) is 0 Å². The van der Waals surface area contributed by atoms with E-state index in [0.717, 1.165) is 5.69 Å². The summed E-state index contributed by atoms with van der Waals surface area (Å²) in [7, 11) is 1.59. The maximum absolute atomic E-state index is 12.3. The van der Waals surface area contributed by atoms with Gasteiger partial charge in [-0.05, 0) is 48.5 Å². The molecule has 2 aromatic carbocycles. The van der Waals surface area contributed by atoms with Gasteiger partial charge in [0.25, 0.3) is 5.91 Å². The predicted molar refractivity (Wildman–Crippen MR) is 98.8 cm³/mol. The summed E-state index contributed by atoms with van der Waals surface area (Å²) in [6.45, 7) is 3.93. The third-order valence-corrected chi connectivity index (χ3v) is 3.59. The van der Waals surface area contributed by atoms with Gasteiger partial charge in [-0.1, -0.05) is 12.6 Å². The first-order valence-electron chi connectivity index (χ1n) is 7.71. The number of anilines is 2. The minimum atomic E-state index is -0.190. The van der Waals surface area contributed by atoms with Gasteiger partial charge in [0.15, 0.2) is 0 Å². The van der Waals surface area contributed by atoms with Crippen LogP contribution in [-0.2, 0) is 0 Å². The summed E-state index contributed by atoms with van der Waals surface area (Å²) in [5.41, 5.74) is 2.70. The Morgan fingerprint density at radius 3 is 2.48 bits per heavy atom. The monoisotopic (exact) mass is 334 g/mol. The highest BCUT2D eigenvalue weighted by Gasteiger charge is 2.08. The summed E-state index contributed by atoms with van der Waals surface area (Å²) in [4.78, 5) is 12.3. The van der Waals surface area contributed by atoms with Crippen molar-refractivity contribution in [2.45, 2.75) is 0 Å². The molecular weight excluding hydrogens is 316 g/mol. The molecule has 0 saturated carbocycles. The van der Waals surface area contributed by atoms with Gasteiger partial charge in [-0.2, -0.15) is 0 Å². The number of amides is 1. The molecule has 2 N–H and O–H groups in total. The van der Waals surface area contributed by atoms with E-state index in [2.05, 4.69) is 17.2 Å². The Morgan fingerprint density at radius 2 is 1.80 bits per heavy atom. The Bertz CT molecular complexity index is 868. The van der Waals surface area contributed by atoms with Crippen molar-refractivity contribution < 1.29 is 13.9 Å². The number of carbonyl (C=O) groups is 1. The van der Waals surface area contributed by atoms with Crippen LogP contribution in [0, 0.1) is 0 Å². The van der Waals surface area contributed by atoms with Crippen LogP contribution in [0.2, 0.25) is 0 Å². The predicted octanol–water partition coefficient (Wildman–Crippen LogP) is 4.62. The maximum Gasteiger partial charge on any atom is 0.255 e. The van der Waals surface area contributed by atoms with Crippen molar-refractivity contribution in [2.75, 3.05) is 17.7 Å². The van der Waals surface area contributed by atoms with Crippen molar-refractivity contribution in [2.24, 2.45) is 0 Å². The molecule has 1 aromatic heterocycles. The second-order valence-corrected chi connectivity index (χ2v) is 5.34. The molecule has 126 valence electrons. The van der Waals surface area contributed by atoms with Crippen molar-refractivity contribution >= 4 is 23.0 Å². The van der Waals surface area contributed by atoms with E-state index in [1.165, 1.54) is 0 Å². The number of hydrogen-bond acceptors (Lipinski definition) is 4. The first-order valence-corrected chi connectivity index (χ1v) is 7.71. The molecule has 1 heterocycles. The number of benzene rings is 2. The van der Waals surface area contributed by atoms with Gasteiger partial charge in [-0.3, -0.25) is 4.79 Å². The van der Waals surface area contributed by atoms with Gasteiger partial charge in [0.05, 0.1) is 19.1 Å². The molecule has 0 spiro atoms. The molecule has 0 aliphatic heterocycles. The molecule has 0 aliphatic carbocycles. The van der Waals surface area contributed by atoms with Crippen LogP contribution >= 0.6 is 0 Å². The third kappa shape index (κ3) is 4.09. The smallest absolute Gasteiger partial charge is 0.255 e. The summed E-state index contributed by atoms with van der Waals surface area (Å²) in [5, 5.41) is 5.98. The van der Waals surface area contributed by atoms with Gasteiger partial charge in [0.2, 0.25) is 0 Å². The van der Waals surface area contributed by atoms with Crippen LogP contribution in [0.15, 0.2) is 77.9 Å². The summed E-state index contributed by atoms with van der Waals surface area (Å²) >= 11 is 0. The van der Waals surface area contributed by atoms with Gasteiger partial charge in [0.1, 0.15) is 11.5 Å². The molecule has 1 amide bonds. The lowest BCUT2D eigenvalue weighted by atomic mass is 10.2. The molecule has 25 heavy (non-hydrogen) atoms. The first-order chi connectivity index (χ1) is 12.2. The highest BCUT2D eigenvalue weighted by atomic mass is 16.5. The van der Waals surface area contributed by atoms with Crippen molar-refractivity contribution in [1.82, 2.24) is 0 Å². The zero-order chi connectivity index (χ0) is 17.6. The number of carbonyl (C=O) groups excluding carboxylic acids is 1. The van der Waals surface area contributed by atoms with Crippen LogP contribution in [0.1, 0.15) is 16.1 Å². The maximum atomic E-state index is 12.3. The Labute approximate surface area is 145 Å². The van der Waals surface area contributed by atoms with Crippen LogP contribution in [0.3, 0.4) is 0 Å². The van der Waals surface area contributed by atoms with Gasteiger partial charge in [-0.15, -0.1) is 0 Å². The lowest BCUT2D eigenvalue weighted by molar-refractivity contribution is 0.102. The van der Waals surface area contributed by atoms with E-state index in [1.54, 1.807) is 37.6 Å². The average molecular weight is 334 g/mol. The standard InChI is InChI=1S/C20H18N2O3/c1-14(19-7-4-12-25-19)21-16-10-8-15(9-11-16)20(23)22-17-5-3-6-18(13-17)24-2/h3-13,21H,1H2,2H3,(H,22,23). The molecule has 5 nitrogen and oxygen atoms in total. The van der Waals surface area contributed by atoms with Crippen LogP contribution in [0.25, 0.3) is 5.70 Å². The van der Waals surface area contributed by atoms with E-state index in [4.69, 9.17) is 9.15 Å². The lowest BCUT2D eigenvalue weighted by Crippen LogP contribution is -2.11. The zero-order valence-corrected chi connectivity index (χ0v) is 13.8. The quantitative estimate of drug-likeness (QED) is 0.690. The van der Waals surface area contributed by atoms with E-state index in [-0.39, 0.29) is 5.91 Å². The van der Waals surface area contributed by atoms with Gasteiger partial charge < -0.3 is 19.8 Å². The van der Waals surface area contributed by atoms with Crippen molar-refractivity contribution in [1.29, 1.82) is 0 Å². The Kier molecular flexibility index (Phi) is 4.85. The summed E-state index contributed by atoms with van der Waals surface area (Å²) in [6.07, 6.45) is 1.59. The van der Waals surface area contributed by atoms with Gasteiger partial charge >= 0.3 is 0 Å². The average Bonchev–Trinajstić information content (AvgIpc) is 3.17. The van der Waals surface area contributed by atoms with Crippen molar-refractivity contribution in [3.8, 4) is 5.75 Å². The molecule has 0 atom stereocenters. The Balaban J connectivity index is 1.65. The van der Waals surface area contributed by atoms with Crippen LogP contribution < -0.4 is 15.4 Å². The Hall–Kier alpha value is -3.47. The van der Waals surface area contributed by atoms with E-state index < -0.39 is 0 Å². The molecular formula is C20H18N2O3. The highest BCUT2D eigenvalue weighted by Crippen LogP contribution is 2.20. The fraction of sp³-hybridized carbons (Fsp3) is 0.0500. The van der Waals surface area contributed by atoms with Crippen LogP contribution in [0.5, 0.6) is 5.75 Å². The summed E-state index contributed by atoms with van der Waals surface area (Å²) in [5.74, 6) is 1.17. The number of nitrogens with one attached hydrogen (secondary N) is 2. The zero-order valence-electron chi connectivity index (χ0n) is 13.8. The van der Waals surface area contributed by atoms with Gasteiger partial charge in [0, 0.05) is 23.0 Å². The van der Waals surface area contributed by atoms with Crippen LogP contribution in [-0.4, -0.2) is 13.0 Å². The van der Waals surface area contributed by atoms with E-state index in [9.17, 15) is 4.79 Å². The first kappa shape index (κ1) is 16.4. The fourth-order valence-electron chi connectivity index (χ4n) is 2.30. The number of furan rings is 1. The third-order valence-electron chi connectivity index (χ3n) is 3.59. The molecule has 0 bridgehead atoms. The molecule has 0 fully saturated rings. The lowest BCUT2D eigenvalue weighted by Gasteiger charge is -2.09. The fourth-order valence-corrected chi connectivity index (χ4v) is 2.30. The number of ether oxygens (including phenoxy) is 1. The largest absolute Gasteiger partial charge is 0.497 e. The van der Waals surface area contributed by atoms with Crippen LogP contribution in [0.4, 0.5) is 11.4 Å². The van der Waals surface area contributed by atoms with Crippen molar-refractivity contribution in [3.05, 3.63) is 84.8 Å². The summed E-state index contributed by atoms with van der Waals surface area (Å²) < 4.78 is 10.4. The second-order valence-electron chi connectivity index (χ2n) is 5.34. The minimum Gasteiger partial charge on any atom is -0.497 e. The molecule has 5 heteroatoms. The topological polar surface area (TPSA) is 63.5 Å². The molecule has 0 unspecified atom stereocenters. The number of methoxy groups -OCH3 is 1. The molecule has 3 rings (SSSR count). The van der Waals surface area contributed by atoms with E-state index in [0.29, 0.717) is 28.5 Å². The number of rotatable bonds is 6. The number of hydrogen-bond donors (Lipinski definition) is 2. The summed E-state index contributed by atoms with van der Waals surface area (Å²) in [6, 6.07) is 18.0. The molecule has 0 radical (unpaired) electrons. The SMILES string of the molecule is C=C(Nc1ccc(C(=O)Nc2cccc(OC)c2)cc1)c1ccco1. The van der Waals surface area contributed by atoms with E-state index in [1.807, 2.05) is 36.4 Å². The molecule has 3 aromatic rings. The van der Waals surface area contributed by atoms with Crippen molar-refractivity contribution in [3.63, 3.8) is 0 Å². The molecule has 0 saturated heterocycles. The second kappa shape index (κ2) is 7.40. The minimum absolute atomic E-state index is 0.190. The van der Waals surface area contributed by atoms with E-state index >= 15 is 0 Å². The highest BCUT2D eigenvalue weighted by molar-refractivity contribution is 6.04.